The lowest BCUT2D eigenvalue weighted by Crippen LogP contribution is -2.45. The first-order valence-electron chi connectivity index (χ1n) is 20.0. The van der Waals surface area contributed by atoms with Gasteiger partial charge < -0.3 is 19.1 Å². The lowest BCUT2D eigenvalue weighted by molar-refractivity contribution is -0.132. The molecule has 2 aliphatic heterocycles. The quantitative estimate of drug-likeness (QED) is 0.245. The molecule has 3 aromatic rings. The van der Waals surface area contributed by atoms with Crippen molar-refractivity contribution in [1.82, 2.24) is 19.7 Å². The number of piperidine rings is 1. The van der Waals surface area contributed by atoms with Crippen LogP contribution in [0.4, 0.5) is 0 Å². The maximum atomic E-state index is 12.2. The normalized spacial score (nSPS) is 17.5. The molecule has 1 spiro atoms. The van der Waals surface area contributed by atoms with E-state index in [4.69, 9.17) is 4.42 Å². The van der Waals surface area contributed by atoms with Crippen LogP contribution < -0.4 is 0 Å². The first-order valence-corrected chi connectivity index (χ1v) is 20.0. The Balaban J connectivity index is 0.000000252. The summed E-state index contributed by atoms with van der Waals surface area (Å²) in [5, 5.41) is 0. The molecule has 3 fully saturated rings. The van der Waals surface area contributed by atoms with Crippen LogP contribution in [0, 0.1) is 32.1 Å². The molecule has 0 radical (unpaired) electrons. The highest BCUT2D eigenvalue weighted by molar-refractivity contribution is 5.81. The third-order valence-electron chi connectivity index (χ3n) is 10.9. The van der Waals surface area contributed by atoms with E-state index in [1.165, 1.54) is 73.9 Å². The first kappa shape index (κ1) is 44.2. The van der Waals surface area contributed by atoms with Crippen molar-refractivity contribution in [2.45, 2.75) is 133 Å². The van der Waals surface area contributed by atoms with Crippen molar-refractivity contribution in [2.75, 3.05) is 46.8 Å². The summed E-state index contributed by atoms with van der Waals surface area (Å²) >= 11 is 0. The Labute approximate surface area is 313 Å². The van der Waals surface area contributed by atoms with E-state index in [1.807, 2.05) is 0 Å². The Kier molecular flexibility index (Phi) is 19.8. The second kappa shape index (κ2) is 22.9. The number of rotatable bonds is 7. The predicted molar refractivity (Wildman–Crippen MR) is 218 cm³/mol. The highest BCUT2D eigenvalue weighted by Crippen LogP contribution is 2.43. The van der Waals surface area contributed by atoms with Gasteiger partial charge in [0.2, 0.25) is 11.8 Å². The van der Waals surface area contributed by atoms with Crippen molar-refractivity contribution in [3.05, 3.63) is 77.2 Å². The Morgan fingerprint density at radius 2 is 1.45 bits per heavy atom. The van der Waals surface area contributed by atoms with E-state index < -0.39 is 0 Å². The monoisotopic (exact) mass is 703 g/mol. The molecular weight excluding hydrogens is 629 g/mol. The summed E-state index contributed by atoms with van der Waals surface area (Å²) in [4.78, 5) is 23.3. The zero-order valence-corrected chi connectivity index (χ0v) is 34.7. The number of likely N-dealkylation sites (tertiary alicyclic amines) is 2. The zero-order valence-electron chi connectivity index (χ0n) is 34.7. The van der Waals surface area contributed by atoms with E-state index in [-0.39, 0.29) is 0 Å². The third kappa shape index (κ3) is 14.9. The Bertz CT molecular complexity index is 1350. The highest BCUT2D eigenvalue weighted by Gasteiger charge is 2.45. The van der Waals surface area contributed by atoms with Crippen LogP contribution in [0.5, 0.6) is 0 Å². The molecule has 2 saturated heterocycles. The van der Waals surface area contributed by atoms with Crippen LogP contribution in [0.25, 0.3) is 11.5 Å². The van der Waals surface area contributed by atoms with Crippen LogP contribution in [0.15, 0.2) is 59.3 Å². The number of nitrogens with zero attached hydrogens (tertiary/aromatic N) is 4. The summed E-state index contributed by atoms with van der Waals surface area (Å²) in [7, 11) is 4.11. The summed E-state index contributed by atoms with van der Waals surface area (Å²) in [5.74, 6) is 2.16. The molecule has 1 saturated carbocycles. The number of carbonyl (C=O) groups is 1. The van der Waals surface area contributed by atoms with Crippen LogP contribution >= 0.6 is 0 Å². The Hall–Kier alpha value is -2.96. The van der Waals surface area contributed by atoms with Crippen LogP contribution in [0.2, 0.25) is 0 Å². The lowest BCUT2D eigenvalue weighted by atomic mass is 9.77. The SMILES string of the molecule is CCC.CCC(C)N1CCC2(CCN(C(=O)C3CC3)C2)CC1.CCC(C)c1ccc(-c2ncco2)cc1C.CCN(C)C.Cc1ccccc1C. The van der Waals surface area contributed by atoms with E-state index in [9.17, 15) is 4.79 Å². The molecule has 51 heavy (non-hydrogen) atoms. The summed E-state index contributed by atoms with van der Waals surface area (Å²) in [5.41, 5.74) is 6.98. The van der Waals surface area contributed by atoms with Crippen molar-refractivity contribution in [2.24, 2.45) is 11.3 Å². The molecule has 6 rings (SSSR count). The van der Waals surface area contributed by atoms with Crippen molar-refractivity contribution >= 4 is 5.91 Å². The van der Waals surface area contributed by atoms with Crippen molar-refractivity contribution in [3.8, 4) is 11.5 Å². The highest BCUT2D eigenvalue weighted by atomic mass is 16.3. The molecule has 1 amide bonds. The maximum absolute atomic E-state index is 12.2. The number of aryl methyl sites for hydroxylation is 3. The average Bonchev–Trinajstić information content (AvgIpc) is 3.68. The largest absolute Gasteiger partial charge is 0.445 e. The molecule has 6 nitrogen and oxygen atoms in total. The van der Waals surface area contributed by atoms with E-state index in [1.54, 1.807) is 12.5 Å². The van der Waals surface area contributed by atoms with Gasteiger partial charge >= 0.3 is 0 Å². The van der Waals surface area contributed by atoms with Crippen LogP contribution in [0.1, 0.15) is 128 Å². The van der Waals surface area contributed by atoms with E-state index >= 15 is 0 Å². The van der Waals surface area contributed by atoms with Crippen LogP contribution in [-0.4, -0.2) is 78.5 Å². The fourth-order valence-electron chi connectivity index (χ4n) is 6.43. The molecule has 0 N–H and O–H groups in total. The van der Waals surface area contributed by atoms with Gasteiger partial charge in [0.1, 0.15) is 6.26 Å². The van der Waals surface area contributed by atoms with Crippen LogP contribution in [-0.2, 0) is 4.79 Å². The van der Waals surface area contributed by atoms with Gasteiger partial charge in [0.25, 0.3) is 0 Å². The molecule has 3 heterocycles. The molecule has 1 aromatic heterocycles. The van der Waals surface area contributed by atoms with Gasteiger partial charge in [-0.1, -0.05) is 78.3 Å². The molecule has 2 atom stereocenters. The lowest BCUT2D eigenvalue weighted by Gasteiger charge is -2.41. The van der Waals surface area contributed by atoms with Gasteiger partial charge in [-0.05, 0) is 152 Å². The van der Waals surface area contributed by atoms with Gasteiger partial charge in [-0.3, -0.25) is 4.79 Å². The maximum Gasteiger partial charge on any atom is 0.225 e. The average molecular weight is 703 g/mol. The molecular formula is C45H74N4O2. The minimum Gasteiger partial charge on any atom is -0.445 e. The molecule has 1 aliphatic carbocycles. The van der Waals surface area contributed by atoms with Gasteiger partial charge in [-0.25, -0.2) is 4.98 Å². The molecule has 6 heteroatoms. The zero-order chi connectivity index (χ0) is 38.0. The Morgan fingerprint density at radius 3 is 1.88 bits per heavy atom. The second-order valence-electron chi connectivity index (χ2n) is 15.5. The predicted octanol–water partition coefficient (Wildman–Crippen LogP) is 11.0. The van der Waals surface area contributed by atoms with Gasteiger partial charge in [0.05, 0.1) is 6.20 Å². The van der Waals surface area contributed by atoms with E-state index in [2.05, 4.69) is 145 Å². The summed E-state index contributed by atoms with van der Waals surface area (Å²) in [6, 6.07) is 15.5. The van der Waals surface area contributed by atoms with Crippen LogP contribution in [0.3, 0.4) is 0 Å². The topological polar surface area (TPSA) is 52.8 Å². The number of amides is 1. The summed E-state index contributed by atoms with van der Waals surface area (Å²) in [6.45, 7) is 27.5. The minimum atomic E-state index is 0.398. The van der Waals surface area contributed by atoms with Crippen molar-refractivity contribution in [1.29, 1.82) is 0 Å². The summed E-state index contributed by atoms with van der Waals surface area (Å²) in [6.07, 6.45) is 13.1. The number of benzene rings is 2. The third-order valence-corrected chi connectivity index (χ3v) is 10.9. The number of hydrogen-bond donors (Lipinski definition) is 0. The second-order valence-corrected chi connectivity index (χ2v) is 15.5. The number of aromatic nitrogens is 1. The van der Waals surface area contributed by atoms with Gasteiger partial charge in [-0.15, -0.1) is 0 Å². The van der Waals surface area contributed by atoms with Gasteiger partial charge in [-0.2, -0.15) is 0 Å². The molecule has 3 aliphatic rings. The van der Waals surface area contributed by atoms with E-state index in [0.29, 0.717) is 29.0 Å². The molecule has 2 unspecified atom stereocenters. The van der Waals surface area contributed by atoms with Gasteiger partial charge in [0.15, 0.2) is 0 Å². The van der Waals surface area contributed by atoms with E-state index in [0.717, 1.165) is 44.1 Å². The molecule has 286 valence electrons. The number of hydrogen-bond acceptors (Lipinski definition) is 5. The first-order chi connectivity index (χ1) is 24.3. The standard InChI is InChI=1S/C16H28N2O.C14H17NO.C8H10.C4H11N.C3H8/c1-3-13(2)17-9-6-16(7-10-17)8-11-18(12-16)15(19)14-4-5-14;1-4-10(2)13-6-5-12(9-11(13)3)14-15-7-8-16-14;1-7-5-3-4-6-8(7)2;1-4-5(2)3;1-3-2/h13-14H,3-12H2,1-2H3;5-10H,4H2,1-3H3;3-6H,1-2H3;4H2,1-3H3;3H2,1-2H3. The molecule has 0 bridgehead atoms. The number of carbonyl (C=O) groups excluding carboxylic acids is 1. The van der Waals surface area contributed by atoms with Crippen molar-refractivity contribution < 1.29 is 9.21 Å². The fourth-order valence-corrected chi connectivity index (χ4v) is 6.43. The number of oxazole rings is 1. The fraction of sp³-hybridized carbons (Fsp3) is 0.644. The smallest absolute Gasteiger partial charge is 0.225 e. The van der Waals surface area contributed by atoms with Gasteiger partial charge in [0, 0.05) is 30.6 Å². The molecule has 2 aromatic carbocycles. The Morgan fingerprint density at radius 1 is 0.882 bits per heavy atom. The summed E-state index contributed by atoms with van der Waals surface area (Å²) < 4.78 is 5.29. The van der Waals surface area contributed by atoms with Crippen molar-refractivity contribution in [3.63, 3.8) is 0 Å². The minimum absolute atomic E-state index is 0.398.